The molecule has 0 aromatic carbocycles. The second-order valence-electron chi connectivity index (χ2n) is 5.79. The lowest BCUT2D eigenvalue weighted by atomic mass is 10.1. The number of carbonyl (C=O) groups is 2. The standard InChI is InChI=1S/C19H20O4S2/c1-13(2)11-19(21)22-12-15(23-14(3)20)6-7-16-8-9-18(25-16)17-5-4-10-24-17/h4-5,8-10,13,15H,11-12H2,1-3H3. The zero-order chi connectivity index (χ0) is 18.2. The van der Waals surface area contributed by atoms with Crippen molar-refractivity contribution in [2.24, 2.45) is 5.92 Å². The summed E-state index contributed by atoms with van der Waals surface area (Å²) in [5.41, 5.74) is 0. The molecule has 2 aromatic rings. The van der Waals surface area contributed by atoms with Crippen LogP contribution in [0.1, 0.15) is 32.1 Å². The lowest BCUT2D eigenvalue weighted by Crippen LogP contribution is -2.23. The number of esters is 2. The molecule has 4 nitrogen and oxygen atoms in total. The number of hydrogen-bond acceptors (Lipinski definition) is 6. The first-order chi connectivity index (χ1) is 11.9. The smallest absolute Gasteiger partial charge is 0.306 e. The molecule has 2 rings (SSSR count). The maximum absolute atomic E-state index is 11.6. The second kappa shape index (κ2) is 9.40. The topological polar surface area (TPSA) is 52.6 Å². The van der Waals surface area contributed by atoms with Crippen molar-refractivity contribution in [3.63, 3.8) is 0 Å². The monoisotopic (exact) mass is 376 g/mol. The van der Waals surface area contributed by atoms with Gasteiger partial charge in [0.2, 0.25) is 0 Å². The minimum atomic E-state index is -0.763. The van der Waals surface area contributed by atoms with Crippen molar-refractivity contribution in [3.8, 4) is 21.6 Å². The quantitative estimate of drug-likeness (QED) is 0.556. The Labute approximate surface area is 155 Å². The van der Waals surface area contributed by atoms with Gasteiger partial charge in [0.05, 0.1) is 4.88 Å². The van der Waals surface area contributed by atoms with Crippen molar-refractivity contribution < 1.29 is 19.1 Å². The Bertz CT molecular complexity index is 763. The molecule has 0 bridgehead atoms. The van der Waals surface area contributed by atoms with E-state index in [0.29, 0.717) is 6.42 Å². The number of rotatable bonds is 6. The molecule has 0 fully saturated rings. The van der Waals surface area contributed by atoms with Crippen LogP contribution in [0.5, 0.6) is 0 Å². The van der Waals surface area contributed by atoms with Crippen molar-refractivity contribution >= 4 is 34.6 Å². The molecule has 25 heavy (non-hydrogen) atoms. The molecule has 1 unspecified atom stereocenters. The lowest BCUT2D eigenvalue weighted by molar-refractivity contribution is -0.154. The predicted octanol–water partition coefficient (Wildman–Crippen LogP) is 4.35. The number of ether oxygens (including phenoxy) is 2. The number of hydrogen-bond donors (Lipinski definition) is 0. The van der Waals surface area contributed by atoms with Crippen LogP contribution < -0.4 is 0 Å². The fourth-order valence-electron chi connectivity index (χ4n) is 1.97. The van der Waals surface area contributed by atoms with E-state index in [0.717, 1.165) is 9.75 Å². The van der Waals surface area contributed by atoms with Crippen LogP contribution >= 0.6 is 22.7 Å². The van der Waals surface area contributed by atoms with Crippen LogP contribution in [0, 0.1) is 17.8 Å². The van der Waals surface area contributed by atoms with Gasteiger partial charge >= 0.3 is 11.9 Å². The Morgan fingerprint density at radius 1 is 1.20 bits per heavy atom. The molecule has 0 spiro atoms. The van der Waals surface area contributed by atoms with Crippen LogP contribution in [0.2, 0.25) is 0 Å². The normalized spacial score (nSPS) is 11.5. The molecule has 0 saturated carbocycles. The Kier molecular flexibility index (Phi) is 7.23. The van der Waals surface area contributed by atoms with E-state index in [1.54, 1.807) is 22.7 Å². The van der Waals surface area contributed by atoms with Crippen LogP contribution in [-0.4, -0.2) is 24.6 Å². The van der Waals surface area contributed by atoms with Crippen molar-refractivity contribution in [1.82, 2.24) is 0 Å². The van der Waals surface area contributed by atoms with Gasteiger partial charge in [-0.2, -0.15) is 0 Å². The fraction of sp³-hybridized carbons (Fsp3) is 0.368. The summed E-state index contributed by atoms with van der Waals surface area (Å²) in [7, 11) is 0. The Morgan fingerprint density at radius 2 is 2.00 bits per heavy atom. The van der Waals surface area contributed by atoms with Gasteiger partial charge in [-0.1, -0.05) is 25.8 Å². The van der Waals surface area contributed by atoms with E-state index in [-0.39, 0.29) is 18.5 Å². The Morgan fingerprint density at radius 3 is 2.64 bits per heavy atom. The molecule has 2 aromatic heterocycles. The SMILES string of the molecule is CC(=O)OC(C#Cc1ccc(-c2cccs2)s1)COC(=O)CC(C)C. The third kappa shape index (κ3) is 6.73. The minimum Gasteiger partial charge on any atom is -0.461 e. The molecule has 0 N–H and O–H groups in total. The summed E-state index contributed by atoms with van der Waals surface area (Å²) in [5, 5.41) is 2.03. The predicted molar refractivity (Wildman–Crippen MR) is 100 cm³/mol. The molecule has 0 aliphatic heterocycles. The third-order valence-electron chi connectivity index (χ3n) is 3.01. The van der Waals surface area contributed by atoms with Crippen LogP contribution in [0.3, 0.4) is 0 Å². The zero-order valence-corrected chi connectivity index (χ0v) is 16.0. The van der Waals surface area contributed by atoms with Gasteiger partial charge in [-0.05, 0) is 35.4 Å². The van der Waals surface area contributed by atoms with Crippen LogP contribution in [0.4, 0.5) is 0 Å². The highest BCUT2D eigenvalue weighted by Crippen LogP contribution is 2.31. The van der Waals surface area contributed by atoms with Gasteiger partial charge in [0.1, 0.15) is 6.61 Å². The summed E-state index contributed by atoms with van der Waals surface area (Å²) in [6, 6.07) is 8.02. The Hall–Kier alpha value is -2.10. The van der Waals surface area contributed by atoms with Gasteiger partial charge in [0, 0.05) is 23.1 Å². The maximum atomic E-state index is 11.6. The highest BCUT2D eigenvalue weighted by Gasteiger charge is 2.13. The highest BCUT2D eigenvalue weighted by atomic mass is 32.1. The van der Waals surface area contributed by atoms with Gasteiger partial charge in [0.15, 0.2) is 6.10 Å². The van der Waals surface area contributed by atoms with E-state index in [1.807, 2.05) is 37.4 Å². The summed E-state index contributed by atoms with van der Waals surface area (Å²) in [5.74, 6) is 5.33. The van der Waals surface area contributed by atoms with E-state index < -0.39 is 12.1 Å². The molecular formula is C19H20O4S2. The van der Waals surface area contributed by atoms with E-state index in [1.165, 1.54) is 11.8 Å². The van der Waals surface area contributed by atoms with E-state index >= 15 is 0 Å². The molecule has 0 radical (unpaired) electrons. The molecule has 1 atom stereocenters. The molecule has 132 valence electrons. The van der Waals surface area contributed by atoms with Crippen molar-refractivity contribution in [3.05, 3.63) is 34.5 Å². The minimum absolute atomic E-state index is 0.0543. The summed E-state index contributed by atoms with van der Waals surface area (Å²) in [6.07, 6.45) is -0.434. The van der Waals surface area contributed by atoms with Crippen LogP contribution in [0.25, 0.3) is 9.75 Å². The van der Waals surface area contributed by atoms with E-state index in [4.69, 9.17) is 9.47 Å². The largest absolute Gasteiger partial charge is 0.461 e. The molecule has 0 amide bonds. The van der Waals surface area contributed by atoms with E-state index in [2.05, 4.69) is 17.9 Å². The number of carbonyl (C=O) groups excluding carboxylic acids is 2. The summed E-state index contributed by atoms with van der Waals surface area (Å²) < 4.78 is 10.3. The third-order valence-corrected chi connectivity index (χ3v) is 5.07. The first-order valence-electron chi connectivity index (χ1n) is 7.92. The van der Waals surface area contributed by atoms with Crippen molar-refractivity contribution in [1.29, 1.82) is 0 Å². The van der Waals surface area contributed by atoms with Gasteiger partial charge in [-0.15, -0.1) is 22.7 Å². The van der Waals surface area contributed by atoms with Crippen LogP contribution in [-0.2, 0) is 19.1 Å². The average Bonchev–Trinajstić information content (AvgIpc) is 3.19. The molecule has 2 heterocycles. The van der Waals surface area contributed by atoms with E-state index in [9.17, 15) is 9.59 Å². The Balaban J connectivity index is 2.01. The number of thiophene rings is 2. The lowest BCUT2D eigenvalue weighted by Gasteiger charge is -2.12. The molecule has 0 aliphatic rings. The van der Waals surface area contributed by atoms with Gasteiger partial charge in [-0.25, -0.2) is 0 Å². The molecular weight excluding hydrogens is 356 g/mol. The summed E-state index contributed by atoms with van der Waals surface area (Å²) >= 11 is 3.25. The fourth-order valence-corrected chi connectivity index (χ4v) is 3.68. The maximum Gasteiger partial charge on any atom is 0.306 e. The molecule has 0 saturated heterocycles. The van der Waals surface area contributed by atoms with Gasteiger partial charge in [-0.3, -0.25) is 9.59 Å². The van der Waals surface area contributed by atoms with Gasteiger partial charge < -0.3 is 9.47 Å². The molecule has 6 heteroatoms. The van der Waals surface area contributed by atoms with Gasteiger partial charge in [0.25, 0.3) is 0 Å². The highest BCUT2D eigenvalue weighted by molar-refractivity contribution is 7.21. The summed E-state index contributed by atoms with van der Waals surface area (Å²) in [4.78, 5) is 26.1. The summed E-state index contributed by atoms with van der Waals surface area (Å²) in [6.45, 7) is 5.13. The first-order valence-corrected chi connectivity index (χ1v) is 9.61. The first kappa shape index (κ1) is 19.2. The van der Waals surface area contributed by atoms with Crippen molar-refractivity contribution in [2.45, 2.75) is 33.3 Å². The van der Waals surface area contributed by atoms with Crippen molar-refractivity contribution in [2.75, 3.05) is 6.61 Å². The average molecular weight is 376 g/mol. The zero-order valence-electron chi connectivity index (χ0n) is 14.4. The van der Waals surface area contributed by atoms with Crippen LogP contribution in [0.15, 0.2) is 29.6 Å². The molecule has 0 aliphatic carbocycles. The second-order valence-corrected chi connectivity index (χ2v) is 7.82.